The molecule has 0 aromatic heterocycles. The van der Waals surface area contributed by atoms with E-state index < -0.39 is 6.04 Å². The van der Waals surface area contributed by atoms with E-state index in [1.807, 2.05) is 62.4 Å². The van der Waals surface area contributed by atoms with Crippen LogP contribution in [-0.4, -0.2) is 35.9 Å². The summed E-state index contributed by atoms with van der Waals surface area (Å²) in [6.45, 7) is 6.41. The van der Waals surface area contributed by atoms with E-state index in [1.54, 1.807) is 18.2 Å². The largest absolute Gasteiger partial charge is 0.483 e. The number of aryl methyl sites for hydroxylation is 1. The van der Waals surface area contributed by atoms with E-state index in [0.29, 0.717) is 34.3 Å². The van der Waals surface area contributed by atoms with E-state index in [0.717, 1.165) is 22.0 Å². The molecule has 0 aliphatic carbocycles. The van der Waals surface area contributed by atoms with Gasteiger partial charge in [-0.15, -0.1) is 0 Å². The molecule has 0 heterocycles. The lowest BCUT2D eigenvalue weighted by molar-refractivity contribution is -0.142. The van der Waals surface area contributed by atoms with Crippen molar-refractivity contribution in [2.75, 3.05) is 13.2 Å². The van der Waals surface area contributed by atoms with Gasteiger partial charge in [-0.25, -0.2) is 0 Å². The highest BCUT2D eigenvalue weighted by Crippen LogP contribution is 2.29. The molecule has 1 N–H and O–H groups in total. The number of amides is 2. The number of halogens is 3. The molecule has 8 heteroatoms. The Bertz CT molecular complexity index is 1220. The van der Waals surface area contributed by atoms with Crippen LogP contribution in [-0.2, 0) is 29.0 Å². The average Bonchev–Trinajstić information content (AvgIpc) is 2.90. The Kier molecular flexibility index (Phi) is 11.5. The molecule has 0 fully saturated rings. The third-order valence-corrected chi connectivity index (χ3v) is 7.43. The maximum absolute atomic E-state index is 13.8. The number of nitrogens with one attached hydrogen (secondary N) is 1. The third kappa shape index (κ3) is 8.48. The third-order valence-electron chi connectivity index (χ3n) is 6.10. The van der Waals surface area contributed by atoms with Gasteiger partial charge in [-0.1, -0.05) is 86.4 Å². The van der Waals surface area contributed by atoms with Crippen molar-refractivity contribution >= 4 is 50.9 Å². The van der Waals surface area contributed by atoms with Gasteiger partial charge in [0, 0.05) is 35.1 Å². The standard InChI is InChI=1S/C30H33BrCl2N2O3/c1-4-21-13-14-28(24(31)15-21)38-19-29(36)35(18-23-25(32)11-8-12-26(23)33)27(30(37)34-17-20(2)3)16-22-9-6-5-7-10-22/h5-15,20,27H,4,16-19H2,1-3H3,(H,34,37). The van der Waals surface area contributed by atoms with E-state index in [2.05, 4.69) is 28.2 Å². The number of hydrogen-bond donors (Lipinski definition) is 1. The zero-order valence-corrected chi connectivity index (χ0v) is 24.9. The maximum atomic E-state index is 13.8. The van der Waals surface area contributed by atoms with Gasteiger partial charge in [0.25, 0.3) is 5.91 Å². The van der Waals surface area contributed by atoms with Crippen molar-refractivity contribution in [2.24, 2.45) is 5.92 Å². The summed E-state index contributed by atoms with van der Waals surface area (Å²) in [5, 5.41) is 3.85. The van der Waals surface area contributed by atoms with Gasteiger partial charge in [-0.05, 0) is 63.7 Å². The van der Waals surface area contributed by atoms with E-state index in [-0.39, 0.29) is 30.9 Å². The predicted molar refractivity (Wildman–Crippen MR) is 158 cm³/mol. The molecule has 0 bridgehead atoms. The minimum absolute atomic E-state index is 0.0588. The Morgan fingerprint density at radius 1 is 0.974 bits per heavy atom. The number of rotatable bonds is 12. The molecular weight excluding hydrogens is 587 g/mol. The highest BCUT2D eigenvalue weighted by Gasteiger charge is 2.31. The Labute approximate surface area is 243 Å². The normalized spacial score (nSPS) is 11.8. The first-order valence-corrected chi connectivity index (χ1v) is 14.2. The van der Waals surface area contributed by atoms with Gasteiger partial charge < -0.3 is 15.0 Å². The van der Waals surface area contributed by atoms with Gasteiger partial charge in [0.2, 0.25) is 5.91 Å². The molecule has 5 nitrogen and oxygen atoms in total. The van der Waals surface area contributed by atoms with Crippen LogP contribution in [0.4, 0.5) is 0 Å². The van der Waals surface area contributed by atoms with Gasteiger partial charge in [0.05, 0.1) is 4.47 Å². The van der Waals surface area contributed by atoms with E-state index in [1.165, 1.54) is 4.90 Å². The van der Waals surface area contributed by atoms with E-state index in [4.69, 9.17) is 27.9 Å². The lowest BCUT2D eigenvalue weighted by Gasteiger charge is -2.32. The van der Waals surface area contributed by atoms with Gasteiger partial charge in [-0.2, -0.15) is 0 Å². The quantitative estimate of drug-likeness (QED) is 0.235. The highest BCUT2D eigenvalue weighted by atomic mass is 79.9. The van der Waals surface area contributed by atoms with Crippen LogP contribution in [0.1, 0.15) is 37.5 Å². The van der Waals surface area contributed by atoms with Gasteiger partial charge in [0.15, 0.2) is 6.61 Å². The number of benzene rings is 3. The lowest BCUT2D eigenvalue weighted by Crippen LogP contribution is -2.52. The molecule has 0 saturated carbocycles. The molecule has 0 aliphatic rings. The molecule has 202 valence electrons. The smallest absolute Gasteiger partial charge is 0.261 e. The fourth-order valence-corrected chi connectivity index (χ4v) is 4.99. The average molecular weight is 620 g/mol. The Balaban J connectivity index is 1.95. The van der Waals surface area contributed by atoms with Gasteiger partial charge in [0.1, 0.15) is 11.8 Å². The van der Waals surface area contributed by atoms with Crippen LogP contribution in [0.3, 0.4) is 0 Å². The molecule has 3 aromatic carbocycles. The molecule has 1 unspecified atom stereocenters. The zero-order chi connectivity index (χ0) is 27.7. The molecule has 0 radical (unpaired) electrons. The number of carbonyl (C=O) groups excluding carboxylic acids is 2. The summed E-state index contributed by atoms with van der Waals surface area (Å²) in [5.74, 6) is 0.209. The number of nitrogens with zero attached hydrogens (tertiary/aromatic N) is 1. The van der Waals surface area contributed by atoms with Crippen LogP contribution < -0.4 is 10.1 Å². The van der Waals surface area contributed by atoms with E-state index in [9.17, 15) is 9.59 Å². The molecule has 38 heavy (non-hydrogen) atoms. The van der Waals surface area contributed by atoms with Crippen LogP contribution in [0.2, 0.25) is 10.0 Å². The summed E-state index contributed by atoms with van der Waals surface area (Å²) in [7, 11) is 0. The summed E-state index contributed by atoms with van der Waals surface area (Å²) in [5.41, 5.74) is 2.65. The van der Waals surface area contributed by atoms with Crippen molar-refractivity contribution in [3.8, 4) is 5.75 Å². The second-order valence-corrected chi connectivity index (χ2v) is 11.1. The molecule has 0 saturated heterocycles. The fourth-order valence-electron chi connectivity index (χ4n) is 3.93. The maximum Gasteiger partial charge on any atom is 0.261 e. The van der Waals surface area contributed by atoms with Crippen molar-refractivity contribution in [3.05, 3.63) is 97.9 Å². The monoisotopic (exact) mass is 618 g/mol. The van der Waals surface area contributed by atoms with Crippen molar-refractivity contribution in [1.29, 1.82) is 0 Å². The topological polar surface area (TPSA) is 58.6 Å². The van der Waals surface area contributed by atoms with Crippen LogP contribution in [0.5, 0.6) is 5.75 Å². The second kappa shape index (κ2) is 14.6. The Morgan fingerprint density at radius 2 is 1.66 bits per heavy atom. The minimum Gasteiger partial charge on any atom is -0.483 e. The van der Waals surface area contributed by atoms with Gasteiger partial charge in [-0.3, -0.25) is 9.59 Å². The predicted octanol–water partition coefficient (Wildman–Crippen LogP) is 7.11. The second-order valence-electron chi connectivity index (χ2n) is 9.47. The van der Waals surface area contributed by atoms with Crippen LogP contribution >= 0.6 is 39.1 Å². The highest BCUT2D eigenvalue weighted by molar-refractivity contribution is 9.10. The molecule has 3 aromatic rings. The van der Waals surface area contributed by atoms with Crippen molar-refractivity contribution in [1.82, 2.24) is 10.2 Å². The number of ether oxygens (including phenoxy) is 1. The summed E-state index contributed by atoms with van der Waals surface area (Å²) < 4.78 is 6.68. The SMILES string of the molecule is CCc1ccc(OCC(=O)N(Cc2c(Cl)cccc2Cl)C(Cc2ccccc2)C(=O)NCC(C)C)c(Br)c1. The first-order chi connectivity index (χ1) is 18.2. The fraction of sp³-hybridized carbons (Fsp3) is 0.333. The number of hydrogen-bond acceptors (Lipinski definition) is 3. The molecule has 3 rings (SSSR count). The zero-order valence-electron chi connectivity index (χ0n) is 21.8. The minimum atomic E-state index is -0.800. The Hall–Kier alpha value is -2.54. The summed E-state index contributed by atoms with van der Waals surface area (Å²) in [4.78, 5) is 28.8. The van der Waals surface area contributed by atoms with Gasteiger partial charge >= 0.3 is 0 Å². The van der Waals surface area contributed by atoms with Crippen molar-refractivity contribution < 1.29 is 14.3 Å². The van der Waals surface area contributed by atoms with Crippen LogP contribution in [0, 0.1) is 5.92 Å². The summed E-state index contributed by atoms with van der Waals surface area (Å²) in [6, 6.07) is 19.8. The molecule has 0 spiro atoms. The van der Waals surface area contributed by atoms with Crippen LogP contribution in [0.25, 0.3) is 0 Å². The summed E-state index contributed by atoms with van der Waals surface area (Å²) in [6.07, 6.45) is 1.21. The first kappa shape index (κ1) is 30.0. The lowest BCUT2D eigenvalue weighted by atomic mass is 10.0. The molecule has 0 aliphatic heterocycles. The van der Waals surface area contributed by atoms with E-state index >= 15 is 0 Å². The van der Waals surface area contributed by atoms with Crippen molar-refractivity contribution in [2.45, 2.75) is 46.2 Å². The molecule has 1 atom stereocenters. The summed E-state index contributed by atoms with van der Waals surface area (Å²) >= 11 is 16.5. The van der Waals surface area contributed by atoms with Crippen molar-refractivity contribution in [3.63, 3.8) is 0 Å². The Morgan fingerprint density at radius 3 is 2.26 bits per heavy atom. The molecular formula is C30H33BrCl2N2O3. The first-order valence-electron chi connectivity index (χ1n) is 12.6. The number of carbonyl (C=O) groups is 2. The molecule has 2 amide bonds. The van der Waals surface area contributed by atoms with Crippen LogP contribution in [0.15, 0.2) is 71.2 Å².